The van der Waals surface area contributed by atoms with Crippen LogP contribution in [0.25, 0.3) is 0 Å². The van der Waals surface area contributed by atoms with Crippen LogP contribution in [-0.4, -0.2) is 51.5 Å². The van der Waals surface area contributed by atoms with Gasteiger partial charge in [0, 0.05) is 23.6 Å². The Balaban J connectivity index is 0.000000331. The highest BCUT2D eigenvalue weighted by Crippen LogP contribution is 2.25. The smallest absolute Gasteiger partial charge is 0.337 e. The van der Waals surface area contributed by atoms with Crippen molar-refractivity contribution in [3.05, 3.63) is 57.1 Å². The van der Waals surface area contributed by atoms with E-state index in [1.165, 1.54) is 0 Å². The number of nitriles is 1. The van der Waals surface area contributed by atoms with Crippen LogP contribution in [0.1, 0.15) is 37.4 Å². The maximum Gasteiger partial charge on any atom is 0.337 e. The second-order valence-corrected chi connectivity index (χ2v) is 10.7. The number of carbonyl (C=O) groups is 2. The Morgan fingerprint density at radius 2 is 1.21 bits per heavy atom. The number of terminal acetylenes is 2. The molecule has 0 spiro atoms. The van der Waals surface area contributed by atoms with Crippen LogP contribution in [0, 0.1) is 36.0 Å². The van der Waals surface area contributed by atoms with Crippen LogP contribution in [0.2, 0.25) is 5.02 Å². The number of carboxylic acid groups (broad SMARTS) is 2. The van der Waals surface area contributed by atoms with Gasteiger partial charge >= 0.3 is 11.9 Å². The summed E-state index contributed by atoms with van der Waals surface area (Å²) in [6, 6.07) is 5.79. The van der Waals surface area contributed by atoms with E-state index in [0.717, 1.165) is 36.8 Å². The first-order valence-electron chi connectivity index (χ1n) is 8.30. The summed E-state index contributed by atoms with van der Waals surface area (Å²) in [5.74, 6) is 1.60. The van der Waals surface area contributed by atoms with Crippen LogP contribution in [0.4, 0.5) is 0 Å². The molecule has 33 heavy (non-hydrogen) atoms. The Morgan fingerprint density at radius 3 is 1.55 bits per heavy atom. The van der Waals surface area contributed by atoms with Crippen molar-refractivity contribution in [1.82, 2.24) is 0 Å². The molecule has 0 aliphatic carbocycles. The highest BCUT2D eigenvalue weighted by atomic mass is 35.5. The second kappa shape index (κ2) is 10.2. The molecule has 0 amide bonds. The van der Waals surface area contributed by atoms with Crippen molar-refractivity contribution >= 4 is 43.2 Å². The van der Waals surface area contributed by atoms with E-state index in [9.17, 15) is 26.4 Å². The van der Waals surface area contributed by atoms with E-state index in [1.54, 1.807) is 6.07 Å². The molecular formula is C21H14ClNO8S2. The third-order valence-corrected chi connectivity index (χ3v) is 6.58. The van der Waals surface area contributed by atoms with Crippen LogP contribution < -0.4 is 0 Å². The third kappa shape index (κ3) is 6.58. The lowest BCUT2D eigenvalue weighted by molar-refractivity contribution is 0.0685. The first kappa shape index (κ1) is 27.2. The quantitative estimate of drug-likeness (QED) is 0.588. The zero-order valence-electron chi connectivity index (χ0n) is 16.9. The van der Waals surface area contributed by atoms with Gasteiger partial charge in [0.2, 0.25) is 0 Å². The number of aromatic carboxylic acids is 2. The lowest BCUT2D eigenvalue weighted by atomic mass is 10.0. The molecule has 170 valence electrons. The monoisotopic (exact) mass is 507 g/mol. The summed E-state index contributed by atoms with van der Waals surface area (Å²) in [4.78, 5) is 21.1. The van der Waals surface area contributed by atoms with Crippen molar-refractivity contribution < 1.29 is 36.6 Å². The molecule has 0 aliphatic rings. The van der Waals surface area contributed by atoms with Crippen molar-refractivity contribution in [3.63, 3.8) is 0 Å². The zero-order chi connectivity index (χ0) is 25.7. The van der Waals surface area contributed by atoms with Crippen LogP contribution in [0.5, 0.6) is 0 Å². The van der Waals surface area contributed by atoms with Crippen LogP contribution in [0.15, 0.2) is 34.1 Å². The molecule has 0 atom stereocenters. The Morgan fingerprint density at radius 1 is 0.818 bits per heavy atom. The lowest BCUT2D eigenvalue weighted by Crippen LogP contribution is -2.07. The minimum absolute atomic E-state index is 0.0264. The van der Waals surface area contributed by atoms with Gasteiger partial charge in [-0.2, -0.15) is 5.26 Å². The van der Waals surface area contributed by atoms with Crippen molar-refractivity contribution in [3.8, 4) is 30.8 Å². The average Bonchev–Trinajstić information content (AvgIpc) is 2.70. The standard InChI is InChI=1S/C11H7NO4S.C10H7ClO4S/c1-3-7-4-8(6-12)10(17(2,15)16)5-9(7)11(13)14;1-3-6-4-8(11)9(16(2,14)15)5-7(6)10(12)13/h1,4-5H,2H3,(H,13,14);1,4-5H,2H3,(H,12,13). The Labute approximate surface area is 195 Å². The fourth-order valence-corrected chi connectivity index (χ4v) is 4.57. The third-order valence-electron chi connectivity index (χ3n) is 3.88. The van der Waals surface area contributed by atoms with Gasteiger partial charge in [-0.15, -0.1) is 12.8 Å². The number of sulfone groups is 2. The SMILES string of the molecule is C#Cc1cc(C#N)c(S(C)(=O)=O)cc1C(=O)O.C#Cc1cc(Cl)c(S(C)(=O)=O)cc1C(=O)O. The number of hydrogen-bond donors (Lipinski definition) is 2. The molecule has 9 nitrogen and oxygen atoms in total. The largest absolute Gasteiger partial charge is 0.478 e. The zero-order valence-corrected chi connectivity index (χ0v) is 19.3. The predicted octanol–water partition coefficient (Wildman–Crippen LogP) is 2.06. The molecule has 0 unspecified atom stereocenters. The number of carboxylic acids is 2. The van der Waals surface area contributed by atoms with E-state index < -0.39 is 31.6 Å². The maximum atomic E-state index is 11.4. The first-order valence-corrected chi connectivity index (χ1v) is 12.5. The summed E-state index contributed by atoms with van der Waals surface area (Å²) in [7, 11) is -7.26. The Kier molecular flexibility index (Phi) is 8.41. The van der Waals surface area contributed by atoms with E-state index in [1.807, 2.05) is 0 Å². The number of benzene rings is 2. The van der Waals surface area contributed by atoms with E-state index in [2.05, 4.69) is 11.8 Å². The minimum Gasteiger partial charge on any atom is -0.478 e. The number of hydrogen-bond acceptors (Lipinski definition) is 7. The van der Waals surface area contributed by atoms with Gasteiger partial charge in [-0.05, 0) is 24.3 Å². The van der Waals surface area contributed by atoms with Gasteiger partial charge in [0.15, 0.2) is 19.7 Å². The molecule has 0 saturated heterocycles. The van der Waals surface area contributed by atoms with Crippen molar-refractivity contribution in [2.75, 3.05) is 12.5 Å². The second-order valence-electron chi connectivity index (χ2n) is 6.28. The Bertz CT molecular complexity index is 1500. The molecule has 2 aromatic rings. The number of nitrogens with zero attached hydrogens (tertiary/aromatic N) is 1. The highest BCUT2D eigenvalue weighted by Gasteiger charge is 2.20. The Hall–Kier alpha value is -3.82. The summed E-state index contributed by atoms with van der Waals surface area (Å²) >= 11 is 5.70. The summed E-state index contributed by atoms with van der Waals surface area (Å²) in [6.07, 6.45) is 12.0. The molecular weight excluding hydrogens is 494 g/mol. The van der Waals surface area contributed by atoms with Gasteiger partial charge in [0.05, 0.1) is 31.5 Å². The molecule has 0 radical (unpaired) electrons. The van der Waals surface area contributed by atoms with Crippen molar-refractivity contribution in [2.24, 2.45) is 0 Å². The summed E-state index contributed by atoms with van der Waals surface area (Å²) in [5, 5.41) is 26.4. The molecule has 12 heteroatoms. The van der Waals surface area contributed by atoms with Gasteiger partial charge in [0.25, 0.3) is 0 Å². The highest BCUT2D eigenvalue weighted by molar-refractivity contribution is 7.91. The van der Waals surface area contributed by atoms with Crippen LogP contribution >= 0.6 is 11.6 Å². The maximum absolute atomic E-state index is 11.4. The number of rotatable bonds is 4. The number of halogens is 1. The summed E-state index contributed by atoms with van der Waals surface area (Å²) in [6.45, 7) is 0. The fourth-order valence-electron chi connectivity index (χ4n) is 2.40. The molecule has 0 heterocycles. The van der Waals surface area contributed by atoms with Gasteiger partial charge in [0.1, 0.15) is 6.07 Å². The predicted molar refractivity (Wildman–Crippen MR) is 119 cm³/mol. The molecule has 0 aromatic heterocycles. The van der Waals surface area contributed by atoms with Crippen molar-refractivity contribution in [2.45, 2.75) is 9.79 Å². The van der Waals surface area contributed by atoms with Gasteiger partial charge in [-0.25, -0.2) is 26.4 Å². The summed E-state index contributed by atoms with van der Waals surface area (Å²) < 4.78 is 45.4. The van der Waals surface area contributed by atoms with Crippen molar-refractivity contribution in [1.29, 1.82) is 5.26 Å². The fraction of sp³-hybridized carbons (Fsp3) is 0.0952. The van der Waals surface area contributed by atoms with Crippen LogP contribution in [0.3, 0.4) is 0 Å². The van der Waals surface area contributed by atoms with E-state index in [0.29, 0.717) is 0 Å². The molecule has 2 rings (SSSR count). The molecule has 0 aliphatic heterocycles. The van der Waals surface area contributed by atoms with Gasteiger partial charge in [-0.3, -0.25) is 0 Å². The normalized spacial score (nSPS) is 10.5. The average molecular weight is 508 g/mol. The molecule has 2 aromatic carbocycles. The van der Waals surface area contributed by atoms with Gasteiger partial charge < -0.3 is 10.2 Å². The van der Waals surface area contributed by atoms with E-state index >= 15 is 0 Å². The molecule has 0 fully saturated rings. The summed E-state index contributed by atoms with van der Waals surface area (Å²) in [5.41, 5.74) is -0.712. The minimum atomic E-state index is -3.68. The van der Waals surface area contributed by atoms with Gasteiger partial charge in [-0.1, -0.05) is 23.4 Å². The molecule has 0 bridgehead atoms. The topological polar surface area (TPSA) is 167 Å². The molecule has 2 N–H and O–H groups in total. The van der Waals surface area contributed by atoms with E-state index in [-0.39, 0.29) is 42.6 Å². The molecule has 0 saturated carbocycles. The van der Waals surface area contributed by atoms with E-state index in [4.69, 9.17) is 39.9 Å². The lowest BCUT2D eigenvalue weighted by Gasteiger charge is -2.05. The van der Waals surface area contributed by atoms with Crippen LogP contribution in [-0.2, 0) is 19.7 Å². The first-order chi connectivity index (χ1) is 15.1.